The predicted molar refractivity (Wildman–Crippen MR) is 79.3 cm³/mol. The van der Waals surface area contributed by atoms with Crippen LogP contribution in [0, 0.1) is 0 Å². The van der Waals surface area contributed by atoms with E-state index in [1.54, 1.807) is 4.90 Å². The third-order valence-electron chi connectivity index (χ3n) is 3.79. The molecule has 1 rings (SSSR count). The summed E-state index contributed by atoms with van der Waals surface area (Å²) in [6.07, 6.45) is 1.32. The van der Waals surface area contributed by atoms with Gasteiger partial charge in [-0.05, 0) is 33.7 Å². The van der Waals surface area contributed by atoms with Gasteiger partial charge in [-0.1, -0.05) is 0 Å². The molecule has 1 heterocycles. The third-order valence-corrected chi connectivity index (χ3v) is 3.79. The molecule has 0 spiro atoms. The molecule has 0 aromatic carbocycles. The van der Waals surface area contributed by atoms with Gasteiger partial charge in [-0.3, -0.25) is 0 Å². The van der Waals surface area contributed by atoms with Crippen LogP contribution in [-0.4, -0.2) is 78.9 Å². The average molecular weight is 301 g/mol. The van der Waals surface area contributed by atoms with Gasteiger partial charge in [0.1, 0.15) is 6.61 Å². The van der Waals surface area contributed by atoms with Gasteiger partial charge in [0.05, 0.1) is 6.10 Å². The van der Waals surface area contributed by atoms with Crippen LogP contribution >= 0.6 is 0 Å². The molecule has 2 amide bonds. The van der Waals surface area contributed by atoms with Gasteiger partial charge in [-0.2, -0.15) is 0 Å². The highest BCUT2D eigenvalue weighted by atomic mass is 16.5. The highest BCUT2D eigenvalue weighted by molar-refractivity contribution is 5.74. The summed E-state index contributed by atoms with van der Waals surface area (Å²) in [5.41, 5.74) is 0. The van der Waals surface area contributed by atoms with Crippen LogP contribution in [0.3, 0.4) is 0 Å². The van der Waals surface area contributed by atoms with Gasteiger partial charge in [0, 0.05) is 32.2 Å². The second-order valence-electron chi connectivity index (χ2n) is 5.70. The molecule has 0 bridgehead atoms. The second-order valence-corrected chi connectivity index (χ2v) is 5.70. The van der Waals surface area contributed by atoms with Crippen molar-refractivity contribution in [2.45, 2.75) is 38.8 Å². The van der Waals surface area contributed by atoms with E-state index in [2.05, 4.69) is 24.1 Å². The highest BCUT2D eigenvalue weighted by Gasteiger charge is 2.23. The highest BCUT2D eigenvalue weighted by Crippen LogP contribution is 2.13. The maximum absolute atomic E-state index is 12.0. The summed E-state index contributed by atoms with van der Waals surface area (Å²) in [5.74, 6) is -0.954. The summed E-state index contributed by atoms with van der Waals surface area (Å²) < 4.78 is 5.25. The minimum atomic E-state index is -0.954. The first-order valence-corrected chi connectivity index (χ1v) is 7.46. The first-order chi connectivity index (χ1) is 9.90. The second kappa shape index (κ2) is 8.84. The number of piperidine rings is 1. The quantitative estimate of drug-likeness (QED) is 0.719. The van der Waals surface area contributed by atoms with Crippen LogP contribution in [-0.2, 0) is 9.53 Å². The van der Waals surface area contributed by atoms with Crippen LogP contribution < -0.4 is 5.32 Å². The van der Waals surface area contributed by atoms with Crippen LogP contribution in [0.15, 0.2) is 0 Å². The number of likely N-dealkylation sites (tertiary alicyclic amines) is 1. The van der Waals surface area contributed by atoms with Crippen molar-refractivity contribution < 1.29 is 19.4 Å². The van der Waals surface area contributed by atoms with Crippen LogP contribution in [0.2, 0.25) is 0 Å². The van der Waals surface area contributed by atoms with Gasteiger partial charge < -0.3 is 25.0 Å². The van der Waals surface area contributed by atoms with E-state index in [9.17, 15) is 9.59 Å². The lowest BCUT2D eigenvalue weighted by molar-refractivity contribution is -0.145. The molecule has 7 nitrogen and oxygen atoms in total. The van der Waals surface area contributed by atoms with Crippen molar-refractivity contribution in [1.29, 1.82) is 0 Å². The van der Waals surface area contributed by atoms with Crippen molar-refractivity contribution >= 4 is 12.0 Å². The van der Waals surface area contributed by atoms with E-state index in [1.807, 2.05) is 7.05 Å². The Hall–Kier alpha value is -1.34. The molecule has 21 heavy (non-hydrogen) atoms. The number of hydrogen-bond donors (Lipinski definition) is 2. The Morgan fingerprint density at radius 1 is 1.38 bits per heavy atom. The molecular formula is C14H27N3O4. The topological polar surface area (TPSA) is 82.1 Å². The summed E-state index contributed by atoms with van der Waals surface area (Å²) in [6, 6.07) is 0.410. The fourth-order valence-corrected chi connectivity index (χ4v) is 2.12. The van der Waals surface area contributed by atoms with E-state index < -0.39 is 5.97 Å². The predicted octanol–water partition coefficient (Wildman–Crippen LogP) is 0.602. The molecule has 1 aliphatic heterocycles. The zero-order valence-corrected chi connectivity index (χ0v) is 13.2. The van der Waals surface area contributed by atoms with Crippen molar-refractivity contribution in [3.63, 3.8) is 0 Å². The Labute approximate surface area is 126 Å². The Kier molecular flexibility index (Phi) is 7.45. The van der Waals surface area contributed by atoms with E-state index in [1.165, 1.54) is 0 Å². The molecule has 0 atom stereocenters. The summed E-state index contributed by atoms with van der Waals surface area (Å²) in [5, 5.41) is 11.5. The molecule has 1 saturated heterocycles. The first kappa shape index (κ1) is 17.7. The molecular weight excluding hydrogens is 274 g/mol. The number of carbonyl (C=O) groups excluding carboxylic acids is 1. The summed E-state index contributed by atoms with van der Waals surface area (Å²) in [7, 11) is 2.03. The van der Waals surface area contributed by atoms with Gasteiger partial charge in [0.2, 0.25) is 0 Å². The van der Waals surface area contributed by atoms with Crippen molar-refractivity contribution in [2.24, 2.45) is 0 Å². The fraction of sp³-hybridized carbons (Fsp3) is 0.857. The lowest BCUT2D eigenvalue weighted by Crippen LogP contribution is -2.47. The molecule has 0 radical (unpaired) electrons. The molecule has 122 valence electrons. The number of ether oxygens (including phenoxy) is 1. The molecule has 0 aliphatic carbocycles. The molecule has 0 saturated carbocycles. The molecule has 1 fully saturated rings. The number of urea groups is 1. The van der Waals surface area contributed by atoms with Crippen LogP contribution in [0.1, 0.15) is 26.7 Å². The minimum absolute atomic E-state index is 0.0520. The zero-order chi connectivity index (χ0) is 15.8. The zero-order valence-electron chi connectivity index (χ0n) is 13.2. The molecule has 1 aliphatic rings. The lowest BCUT2D eigenvalue weighted by atomic mass is 10.1. The first-order valence-electron chi connectivity index (χ1n) is 7.46. The third kappa shape index (κ3) is 6.77. The van der Waals surface area contributed by atoms with Crippen molar-refractivity contribution in [1.82, 2.24) is 15.1 Å². The Morgan fingerprint density at radius 3 is 2.52 bits per heavy atom. The number of carbonyl (C=O) groups is 2. The van der Waals surface area contributed by atoms with E-state index >= 15 is 0 Å². The van der Waals surface area contributed by atoms with Gasteiger partial charge in [0.15, 0.2) is 0 Å². The van der Waals surface area contributed by atoms with E-state index in [4.69, 9.17) is 9.84 Å². The number of hydrogen-bond acceptors (Lipinski definition) is 4. The van der Waals surface area contributed by atoms with Crippen LogP contribution in [0.25, 0.3) is 0 Å². The van der Waals surface area contributed by atoms with Crippen LogP contribution in [0.5, 0.6) is 0 Å². The van der Waals surface area contributed by atoms with E-state index in [0.29, 0.717) is 38.5 Å². The molecule has 0 aromatic heterocycles. The maximum Gasteiger partial charge on any atom is 0.329 e. The monoisotopic (exact) mass is 301 g/mol. The number of aliphatic carboxylic acids is 1. The molecule has 7 heteroatoms. The van der Waals surface area contributed by atoms with Crippen LogP contribution in [0.4, 0.5) is 4.79 Å². The summed E-state index contributed by atoms with van der Waals surface area (Å²) in [4.78, 5) is 26.3. The normalized spacial score (nSPS) is 16.5. The van der Waals surface area contributed by atoms with Gasteiger partial charge in [0.25, 0.3) is 0 Å². The molecule has 2 N–H and O–H groups in total. The summed E-state index contributed by atoms with van der Waals surface area (Å²) in [6.45, 7) is 6.63. The van der Waals surface area contributed by atoms with Gasteiger partial charge >= 0.3 is 12.0 Å². The van der Waals surface area contributed by atoms with Gasteiger partial charge in [-0.25, -0.2) is 9.59 Å². The van der Waals surface area contributed by atoms with Crippen molar-refractivity contribution in [3.05, 3.63) is 0 Å². The number of rotatable bonds is 7. The van der Waals surface area contributed by atoms with Gasteiger partial charge in [-0.15, -0.1) is 0 Å². The minimum Gasteiger partial charge on any atom is -0.480 e. The smallest absolute Gasteiger partial charge is 0.329 e. The number of carboxylic acids is 1. The Balaban J connectivity index is 2.18. The number of amides is 2. The fourth-order valence-electron chi connectivity index (χ4n) is 2.12. The number of carboxylic acid groups (broad SMARTS) is 1. The number of likely N-dealkylation sites (N-methyl/N-ethyl adjacent to an activating group) is 1. The van der Waals surface area contributed by atoms with E-state index in [-0.39, 0.29) is 18.7 Å². The molecule has 0 aromatic rings. The lowest BCUT2D eigenvalue weighted by Gasteiger charge is -2.32. The molecule has 0 unspecified atom stereocenters. The summed E-state index contributed by atoms with van der Waals surface area (Å²) >= 11 is 0. The SMILES string of the molecule is CC(C)N(C)CCNC(=O)N1CCC(OCC(=O)O)CC1. The van der Waals surface area contributed by atoms with E-state index in [0.717, 1.165) is 6.54 Å². The maximum atomic E-state index is 12.0. The Morgan fingerprint density at radius 2 is 2.00 bits per heavy atom. The Bertz CT molecular complexity index is 341. The van der Waals surface area contributed by atoms with Crippen molar-refractivity contribution in [2.75, 3.05) is 39.8 Å². The number of nitrogens with zero attached hydrogens (tertiary/aromatic N) is 2. The standard InChI is InChI=1S/C14H27N3O4/c1-11(2)16(3)9-6-15-14(20)17-7-4-12(5-8-17)21-10-13(18)19/h11-12H,4-10H2,1-3H3,(H,15,20)(H,18,19). The average Bonchev–Trinajstić information content (AvgIpc) is 2.45. The largest absolute Gasteiger partial charge is 0.480 e. The van der Waals surface area contributed by atoms with Crippen molar-refractivity contribution in [3.8, 4) is 0 Å². The number of nitrogens with one attached hydrogen (secondary N) is 1.